The number of anilines is 1. The van der Waals surface area contributed by atoms with Crippen LogP contribution in [0, 0.1) is 0 Å². The quantitative estimate of drug-likeness (QED) is 0.211. The lowest BCUT2D eigenvalue weighted by atomic mass is 10.1. The van der Waals surface area contributed by atoms with Gasteiger partial charge in [0.25, 0.3) is 5.91 Å². The van der Waals surface area contributed by atoms with E-state index in [9.17, 15) is 19.5 Å². The van der Waals surface area contributed by atoms with Gasteiger partial charge in [0.05, 0.1) is 11.8 Å². The highest BCUT2D eigenvalue weighted by Gasteiger charge is 2.48. The summed E-state index contributed by atoms with van der Waals surface area (Å²) < 4.78 is 1.76. The average molecular weight is 502 g/mol. The fraction of sp³-hybridized carbons (Fsp3) is 0.238. The number of thiazole rings is 1. The van der Waals surface area contributed by atoms with Crippen molar-refractivity contribution in [1.29, 1.82) is 0 Å². The van der Waals surface area contributed by atoms with Gasteiger partial charge >= 0.3 is 12.2 Å². The zero-order valence-corrected chi connectivity index (χ0v) is 19.6. The van der Waals surface area contributed by atoms with Crippen LogP contribution < -0.4 is 15.6 Å². The van der Waals surface area contributed by atoms with E-state index in [0.29, 0.717) is 0 Å². The molecule has 2 amide bonds. The number of pyridine rings is 1. The van der Waals surface area contributed by atoms with Crippen LogP contribution in [0.2, 0.25) is 0 Å². The van der Waals surface area contributed by atoms with Crippen LogP contribution >= 0.6 is 23.1 Å². The zero-order valence-electron chi connectivity index (χ0n) is 18.0. The number of carboxylic acids is 1. The topological polar surface area (TPSA) is 151 Å². The lowest BCUT2D eigenvalue weighted by Crippen LogP contribution is -2.57. The number of aromatic nitrogens is 2. The van der Waals surface area contributed by atoms with Crippen LogP contribution in [0.15, 0.2) is 65.1 Å². The minimum absolute atomic E-state index is 0.121. The normalized spacial score (nSPS) is 20.8. The van der Waals surface area contributed by atoms with Crippen molar-refractivity contribution in [3.05, 3.63) is 65.6 Å². The molecule has 2 aliphatic heterocycles. The van der Waals surface area contributed by atoms with Crippen molar-refractivity contribution in [3.63, 3.8) is 0 Å². The summed E-state index contributed by atoms with van der Waals surface area (Å²) in [6.45, 7) is 5.43. The van der Waals surface area contributed by atoms with Gasteiger partial charge in [0.15, 0.2) is 23.2 Å². The van der Waals surface area contributed by atoms with Crippen LogP contribution in [0.25, 0.3) is 0 Å². The standard InChI is InChI=1S/C21H20N6O5S2/c1-3-12-17(20(30)31)27-14(28)9-15(27)34-19(12)24-18(29)16(13-10-33-21(22)23-13)25-32-11(2)26-7-5-4-6-8-26/h3-8,10-11,15,19H,1,9H2,2H3,(H3-,22,23,24,29,30,31)/p+1/t11?,15-,19?/m0/s1. The van der Waals surface area contributed by atoms with Gasteiger partial charge < -0.3 is 21.0 Å². The number of amides is 2. The van der Waals surface area contributed by atoms with Crippen molar-refractivity contribution in [3.8, 4) is 0 Å². The van der Waals surface area contributed by atoms with E-state index in [0.717, 1.165) is 11.3 Å². The first-order chi connectivity index (χ1) is 16.3. The van der Waals surface area contributed by atoms with E-state index in [-0.39, 0.29) is 40.1 Å². The average Bonchev–Trinajstić information content (AvgIpc) is 3.24. The number of hydrogen-bond acceptors (Lipinski definition) is 9. The number of hydrogen-bond donors (Lipinski definition) is 3. The second kappa shape index (κ2) is 9.65. The minimum atomic E-state index is -1.27. The van der Waals surface area contributed by atoms with Crippen molar-refractivity contribution in [1.82, 2.24) is 15.2 Å². The summed E-state index contributed by atoms with van der Waals surface area (Å²) in [5.74, 6) is -2.21. The van der Waals surface area contributed by atoms with Crippen LogP contribution in [-0.4, -0.2) is 49.2 Å². The molecule has 0 saturated carbocycles. The Bertz CT molecular complexity index is 1210. The van der Waals surface area contributed by atoms with Gasteiger partial charge in [0.2, 0.25) is 5.91 Å². The number of nitrogen functional groups attached to an aromatic ring is 1. The molecule has 11 nitrogen and oxygen atoms in total. The molecule has 4 rings (SSSR count). The Morgan fingerprint density at radius 1 is 1.44 bits per heavy atom. The molecule has 2 aliphatic rings. The van der Waals surface area contributed by atoms with Crippen molar-refractivity contribution in [2.24, 2.45) is 5.16 Å². The number of fused-ring (bicyclic) bond motifs is 1. The largest absolute Gasteiger partial charge is 0.477 e. The molecule has 2 unspecified atom stereocenters. The Kier molecular flexibility index (Phi) is 6.65. The molecule has 2 aromatic heterocycles. The van der Waals surface area contributed by atoms with Crippen LogP contribution in [0.1, 0.15) is 25.3 Å². The third-order valence-corrected chi connectivity index (χ3v) is 7.12. The van der Waals surface area contributed by atoms with E-state index >= 15 is 0 Å². The van der Waals surface area contributed by atoms with Gasteiger partial charge in [-0.2, -0.15) is 4.57 Å². The van der Waals surface area contributed by atoms with Gasteiger partial charge in [-0.1, -0.05) is 23.9 Å². The second-order valence-electron chi connectivity index (χ2n) is 7.26. The molecule has 0 aromatic carbocycles. The Labute approximate surface area is 202 Å². The SMILES string of the molecule is C=CC1=C(C(=O)O)N2C(=O)C[C@@H]2SC1NC(=O)C(=NOC(C)[n+]1ccccc1)c1csc(N)n1. The number of carbonyl (C=O) groups excluding carboxylic acids is 2. The van der Waals surface area contributed by atoms with Crippen molar-refractivity contribution in [2.75, 3.05) is 5.73 Å². The maximum atomic E-state index is 13.3. The molecule has 176 valence electrons. The molecule has 0 spiro atoms. The zero-order chi connectivity index (χ0) is 24.4. The van der Waals surface area contributed by atoms with Crippen molar-refractivity contribution >= 4 is 51.7 Å². The number of oxime groups is 1. The summed E-state index contributed by atoms with van der Waals surface area (Å²) in [7, 11) is 0. The fourth-order valence-electron chi connectivity index (χ4n) is 3.43. The predicted octanol–water partition coefficient (Wildman–Crippen LogP) is 1.22. The first-order valence-electron chi connectivity index (χ1n) is 10.1. The van der Waals surface area contributed by atoms with Crippen molar-refractivity contribution in [2.45, 2.75) is 30.3 Å². The van der Waals surface area contributed by atoms with Gasteiger partial charge in [-0.05, 0) is 0 Å². The highest BCUT2D eigenvalue weighted by atomic mass is 32.2. The molecule has 0 aliphatic carbocycles. The molecule has 0 bridgehead atoms. The summed E-state index contributed by atoms with van der Waals surface area (Å²) in [5.41, 5.74) is 5.86. The molecule has 2 aromatic rings. The van der Waals surface area contributed by atoms with Crippen molar-refractivity contribution < 1.29 is 28.9 Å². The Morgan fingerprint density at radius 2 is 2.18 bits per heavy atom. The number of β-lactam (4-membered cyclic amide) rings is 1. The van der Waals surface area contributed by atoms with Crippen LogP contribution in [0.3, 0.4) is 0 Å². The van der Waals surface area contributed by atoms with Gasteiger partial charge in [0, 0.05) is 30.0 Å². The molecular weight excluding hydrogens is 480 g/mol. The van der Waals surface area contributed by atoms with E-state index in [1.165, 1.54) is 22.7 Å². The number of thioether (sulfide) groups is 1. The molecule has 3 atom stereocenters. The number of nitrogens with zero attached hydrogens (tertiary/aromatic N) is 4. The second-order valence-corrected chi connectivity index (χ2v) is 9.44. The fourth-order valence-corrected chi connectivity index (χ4v) is 5.40. The van der Waals surface area contributed by atoms with E-state index in [2.05, 4.69) is 22.0 Å². The molecule has 4 N–H and O–H groups in total. The van der Waals surface area contributed by atoms with E-state index in [4.69, 9.17) is 10.6 Å². The number of carboxylic acid groups (broad SMARTS) is 1. The summed E-state index contributed by atoms with van der Waals surface area (Å²) in [5, 5.41) is 17.2. The lowest BCUT2D eigenvalue weighted by Gasteiger charge is -2.46. The smallest absolute Gasteiger partial charge is 0.353 e. The summed E-state index contributed by atoms with van der Waals surface area (Å²) in [6, 6.07) is 5.52. The number of rotatable bonds is 8. The highest BCUT2D eigenvalue weighted by Crippen LogP contribution is 2.43. The van der Waals surface area contributed by atoms with Crippen LogP contribution in [0.4, 0.5) is 5.13 Å². The molecule has 1 saturated heterocycles. The van der Waals surface area contributed by atoms with E-state index in [1.807, 2.05) is 18.2 Å². The first-order valence-corrected chi connectivity index (χ1v) is 11.9. The minimum Gasteiger partial charge on any atom is -0.477 e. The predicted molar refractivity (Wildman–Crippen MR) is 125 cm³/mol. The lowest BCUT2D eigenvalue weighted by molar-refractivity contribution is -0.759. The molecule has 34 heavy (non-hydrogen) atoms. The molecule has 13 heteroatoms. The number of nitrogens with two attached hydrogens (primary N) is 1. The molecular formula is C21H21N6O5S2+. The van der Waals surface area contributed by atoms with Crippen LogP contribution in [-0.2, 0) is 19.2 Å². The number of nitrogens with one attached hydrogen (secondary N) is 1. The van der Waals surface area contributed by atoms with Gasteiger partial charge in [-0.25, -0.2) is 9.78 Å². The Balaban J connectivity index is 1.62. The highest BCUT2D eigenvalue weighted by molar-refractivity contribution is 8.00. The van der Waals surface area contributed by atoms with E-state index in [1.54, 1.807) is 29.3 Å². The molecule has 4 heterocycles. The number of carbonyl (C=O) groups is 3. The summed E-state index contributed by atoms with van der Waals surface area (Å²) >= 11 is 2.38. The summed E-state index contributed by atoms with van der Waals surface area (Å²) in [4.78, 5) is 48.0. The van der Waals surface area contributed by atoms with Crippen LogP contribution in [0.5, 0.6) is 0 Å². The summed E-state index contributed by atoms with van der Waals surface area (Å²) in [6.07, 6.45) is 4.56. The monoisotopic (exact) mass is 501 g/mol. The van der Waals surface area contributed by atoms with E-state index < -0.39 is 28.9 Å². The molecule has 1 fully saturated rings. The van der Waals surface area contributed by atoms with Gasteiger partial charge in [0.1, 0.15) is 16.8 Å². The van der Waals surface area contributed by atoms with Gasteiger partial charge in [-0.3, -0.25) is 14.5 Å². The first kappa shape index (κ1) is 23.4. The van der Waals surface area contributed by atoms with Gasteiger partial charge in [-0.15, -0.1) is 23.1 Å². The Hall–Kier alpha value is -3.71. The molecule has 0 radical (unpaired) electrons. The number of aliphatic carboxylic acids is 1. The third-order valence-electron chi connectivity index (χ3n) is 5.12. The third kappa shape index (κ3) is 4.52. The Morgan fingerprint density at radius 3 is 2.76 bits per heavy atom. The maximum Gasteiger partial charge on any atom is 0.353 e. The maximum absolute atomic E-state index is 13.3.